The fourth-order valence-corrected chi connectivity index (χ4v) is 12.1. The van der Waals surface area contributed by atoms with Crippen LogP contribution in [-0.4, -0.2) is 9.38 Å². The number of anilines is 3. The topological polar surface area (TPSA) is 33.7 Å². The van der Waals surface area contributed by atoms with Crippen molar-refractivity contribution in [3.63, 3.8) is 0 Å². The van der Waals surface area contributed by atoms with Gasteiger partial charge in [-0.15, -0.1) is 0 Å². The fourth-order valence-electron chi connectivity index (χ4n) is 11.0. The van der Waals surface area contributed by atoms with Crippen LogP contribution in [0.2, 0.25) is 0 Å². The van der Waals surface area contributed by atoms with Crippen molar-refractivity contribution in [3.8, 4) is 22.3 Å². The lowest BCUT2D eigenvalue weighted by atomic mass is 9.92. The van der Waals surface area contributed by atoms with Gasteiger partial charge >= 0.3 is 0 Å². The summed E-state index contributed by atoms with van der Waals surface area (Å²) in [6.45, 7) is 0. The Morgan fingerprint density at radius 3 is 1.68 bits per heavy atom. The first-order chi connectivity index (χ1) is 32.7. The van der Waals surface area contributed by atoms with Crippen molar-refractivity contribution < 1.29 is 4.42 Å². The molecular weight excluding hydrogens is 823 g/mol. The number of nitrogens with zero attached hydrogens (tertiary/aromatic N) is 3. The molecule has 66 heavy (non-hydrogen) atoms. The molecule has 0 aliphatic carbocycles. The van der Waals surface area contributed by atoms with Gasteiger partial charge in [0.1, 0.15) is 16.8 Å². The third-order valence-electron chi connectivity index (χ3n) is 13.9. The molecule has 0 spiro atoms. The summed E-state index contributed by atoms with van der Waals surface area (Å²) in [6, 6.07) is 77.5. The van der Waals surface area contributed by atoms with Gasteiger partial charge in [0.2, 0.25) is 0 Å². The van der Waals surface area contributed by atoms with Crippen molar-refractivity contribution in [2.75, 3.05) is 4.90 Å². The molecule has 0 atom stereocenters. The Labute approximate surface area is 382 Å². The van der Waals surface area contributed by atoms with Crippen LogP contribution in [0.5, 0.6) is 0 Å². The first-order valence-electron chi connectivity index (χ1n) is 22.4. The van der Waals surface area contributed by atoms with E-state index in [2.05, 4.69) is 216 Å². The Kier molecular flexibility index (Phi) is 7.40. The average Bonchev–Trinajstić information content (AvgIpc) is 3.96. The summed E-state index contributed by atoms with van der Waals surface area (Å²) in [5, 5.41) is 13.4. The molecule has 4 nitrogen and oxygen atoms in total. The third kappa shape index (κ3) is 5.09. The minimum atomic E-state index is 0.873. The van der Waals surface area contributed by atoms with Crippen molar-refractivity contribution in [1.29, 1.82) is 0 Å². The van der Waals surface area contributed by atoms with Crippen LogP contribution in [0.1, 0.15) is 0 Å². The maximum atomic E-state index is 6.56. The predicted octanol–water partition coefficient (Wildman–Crippen LogP) is 17.4. The highest BCUT2D eigenvalue weighted by atomic mass is 32.2. The van der Waals surface area contributed by atoms with Crippen LogP contribution in [0.15, 0.2) is 227 Å². The summed E-state index contributed by atoms with van der Waals surface area (Å²) in [5.74, 6) is 0. The second kappa shape index (κ2) is 13.6. The number of aromatic nitrogens is 2. The molecule has 1 aliphatic rings. The molecule has 4 heterocycles. The van der Waals surface area contributed by atoms with Crippen LogP contribution in [-0.2, 0) is 0 Å². The summed E-state index contributed by atoms with van der Waals surface area (Å²) in [5.41, 5.74) is 13.8. The zero-order chi connectivity index (χ0) is 43.0. The lowest BCUT2D eigenvalue weighted by molar-refractivity contribution is 0.669. The van der Waals surface area contributed by atoms with E-state index in [-0.39, 0.29) is 0 Å². The molecule has 0 saturated heterocycles. The normalized spacial score (nSPS) is 12.8. The van der Waals surface area contributed by atoms with Gasteiger partial charge in [0, 0.05) is 37.0 Å². The quantitative estimate of drug-likeness (QED) is 0.166. The number of para-hydroxylation sites is 3. The van der Waals surface area contributed by atoms with E-state index in [1.807, 2.05) is 17.8 Å². The van der Waals surface area contributed by atoms with Crippen molar-refractivity contribution in [2.45, 2.75) is 9.79 Å². The van der Waals surface area contributed by atoms with Crippen LogP contribution < -0.4 is 4.90 Å². The first-order valence-corrected chi connectivity index (χ1v) is 23.3. The summed E-state index contributed by atoms with van der Waals surface area (Å²) in [6.07, 6.45) is 0. The van der Waals surface area contributed by atoms with E-state index in [0.29, 0.717) is 0 Å². The molecule has 5 heteroatoms. The minimum absolute atomic E-state index is 0.873. The van der Waals surface area contributed by atoms with Gasteiger partial charge in [0.15, 0.2) is 0 Å². The predicted molar refractivity (Wildman–Crippen MR) is 277 cm³/mol. The Balaban J connectivity index is 1.02. The molecule has 306 valence electrons. The van der Waals surface area contributed by atoms with E-state index in [0.717, 1.165) is 83.2 Å². The van der Waals surface area contributed by atoms with Crippen LogP contribution >= 0.6 is 11.8 Å². The molecule has 15 rings (SSSR count). The monoisotopic (exact) mass is 857 g/mol. The molecule has 0 radical (unpaired) electrons. The van der Waals surface area contributed by atoms with Gasteiger partial charge in [-0.25, -0.2) is 4.98 Å². The van der Waals surface area contributed by atoms with E-state index in [1.165, 1.54) is 58.6 Å². The van der Waals surface area contributed by atoms with Crippen LogP contribution in [0.4, 0.5) is 17.1 Å². The Morgan fingerprint density at radius 2 is 0.909 bits per heavy atom. The average molecular weight is 858 g/mol. The minimum Gasteiger partial charge on any atom is -0.456 e. The lowest BCUT2D eigenvalue weighted by Gasteiger charge is -2.34. The molecule has 0 bridgehead atoms. The SMILES string of the molecule is c1ccc(N2c3cc(-c4ccc5c(c4)oc4ccccc45)c(-c4ccc5nc6c7ccccc7c7ccccc7n6c5c4)cc3Sc3cc4c5ccccc5c5ccccc5c4cc32)cc1. The number of fused-ring (bicyclic) bond motifs is 19. The van der Waals surface area contributed by atoms with Crippen molar-refractivity contribution in [2.24, 2.45) is 0 Å². The maximum absolute atomic E-state index is 6.56. The number of hydrogen-bond donors (Lipinski definition) is 0. The molecule has 0 saturated carbocycles. The summed E-state index contributed by atoms with van der Waals surface area (Å²) >= 11 is 1.86. The molecule has 0 amide bonds. The molecule has 0 fully saturated rings. The van der Waals surface area contributed by atoms with Crippen LogP contribution in [0.3, 0.4) is 0 Å². The van der Waals surface area contributed by atoms with E-state index >= 15 is 0 Å². The first kappa shape index (κ1) is 36.0. The molecule has 0 N–H and O–H groups in total. The Bertz CT molecular complexity index is 4390. The standard InChI is InChI=1S/C61H35N3OS/c1-2-14-38(15-3-1)63-55-32-48(37-26-28-46-45-22-11-13-25-57(45)65-58(46)31-37)49(36-27-29-52-54(30-36)64-53-24-12-10-21-44(53)43-20-8-9-23-47(43)61(64)62-52)34-59(55)66-60-35-51-42-19-7-5-17-40(42)39-16-4-6-18-41(39)50(51)33-56(60)63/h1-35H. The maximum Gasteiger partial charge on any atom is 0.146 e. The Hall–Kier alpha value is -8.38. The molecular formula is C61H35N3OS. The number of rotatable bonds is 3. The molecule has 14 aromatic rings. The van der Waals surface area contributed by atoms with Crippen LogP contribution in [0, 0.1) is 0 Å². The molecule has 3 aromatic heterocycles. The van der Waals surface area contributed by atoms with Gasteiger partial charge < -0.3 is 9.32 Å². The van der Waals surface area contributed by atoms with Gasteiger partial charge in [-0.3, -0.25) is 4.40 Å². The van der Waals surface area contributed by atoms with Crippen LogP contribution in [0.25, 0.3) is 115 Å². The summed E-state index contributed by atoms with van der Waals surface area (Å²) in [7, 11) is 0. The Morgan fingerprint density at radius 1 is 0.364 bits per heavy atom. The number of imidazole rings is 1. The van der Waals surface area contributed by atoms with Gasteiger partial charge in [0.25, 0.3) is 0 Å². The number of furan rings is 1. The summed E-state index contributed by atoms with van der Waals surface area (Å²) in [4.78, 5) is 10.2. The number of hydrogen-bond acceptors (Lipinski definition) is 4. The third-order valence-corrected chi connectivity index (χ3v) is 15.0. The van der Waals surface area contributed by atoms with Crippen molar-refractivity contribution in [1.82, 2.24) is 9.38 Å². The lowest BCUT2D eigenvalue weighted by Crippen LogP contribution is -2.15. The number of benzene rings is 11. The second-order valence-electron chi connectivity index (χ2n) is 17.4. The van der Waals surface area contributed by atoms with E-state index in [1.54, 1.807) is 0 Å². The van der Waals surface area contributed by atoms with Gasteiger partial charge in [-0.1, -0.05) is 151 Å². The van der Waals surface area contributed by atoms with E-state index < -0.39 is 0 Å². The molecule has 0 unspecified atom stereocenters. The van der Waals surface area contributed by atoms with Crippen molar-refractivity contribution >= 4 is 121 Å². The smallest absolute Gasteiger partial charge is 0.146 e. The summed E-state index contributed by atoms with van der Waals surface area (Å²) < 4.78 is 8.92. The highest BCUT2D eigenvalue weighted by molar-refractivity contribution is 7.99. The fraction of sp³-hybridized carbons (Fsp3) is 0. The zero-order valence-electron chi connectivity index (χ0n) is 35.4. The molecule has 11 aromatic carbocycles. The highest BCUT2D eigenvalue weighted by Gasteiger charge is 2.29. The van der Waals surface area contributed by atoms with E-state index in [4.69, 9.17) is 9.40 Å². The second-order valence-corrected chi connectivity index (χ2v) is 18.5. The number of pyridine rings is 1. The van der Waals surface area contributed by atoms with Gasteiger partial charge in [-0.05, 0) is 133 Å². The highest BCUT2D eigenvalue weighted by Crippen LogP contribution is 2.56. The van der Waals surface area contributed by atoms with Gasteiger partial charge in [-0.2, -0.15) is 0 Å². The molecule has 1 aliphatic heterocycles. The largest absolute Gasteiger partial charge is 0.456 e. The van der Waals surface area contributed by atoms with Crippen molar-refractivity contribution in [3.05, 3.63) is 212 Å². The van der Waals surface area contributed by atoms with E-state index in [9.17, 15) is 0 Å². The van der Waals surface area contributed by atoms with Gasteiger partial charge in [0.05, 0.1) is 27.9 Å². The zero-order valence-corrected chi connectivity index (χ0v) is 36.2.